The fourth-order valence-corrected chi connectivity index (χ4v) is 6.91. The van der Waals surface area contributed by atoms with Gasteiger partial charge in [0.2, 0.25) is 5.91 Å². The third kappa shape index (κ3) is 5.93. The van der Waals surface area contributed by atoms with Crippen molar-refractivity contribution < 1.29 is 9.59 Å². The Morgan fingerprint density at radius 1 is 0.949 bits per heavy atom. The van der Waals surface area contributed by atoms with Gasteiger partial charge in [0.1, 0.15) is 6.04 Å². The number of aromatic nitrogens is 2. The molecule has 1 saturated carbocycles. The zero-order valence-corrected chi connectivity index (χ0v) is 22.8. The van der Waals surface area contributed by atoms with Crippen LogP contribution in [-0.2, 0) is 4.79 Å². The van der Waals surface area contributed by atoms with Gasteiger partial charge in [0.25, 0.3) is 0 Å². The molecule has 0 bridgehead atoms. The molecule has 39 heavy (non-hydrogen) atoms. The standard InChI is InChI=1S/C30H35N5O3S/c36-28-26(20-39-27(23-9-5-2-6-10-23)19-34(28)17-21-11-12-21)32-29(37)33-15-13-24(14-16-33)35-18-25(31-30(35)38)22-7-3-1-4-8-22/h1-10,18,21,24,26-27H,11-17,19-20H2,(H,31,38)(H,32,37)/t26-,27-/m1/s1. The lowest BCUT2D eigenvalue weighted by atomic mass is 10.1. The molecule has 2 aromatic carbocycles. The number of piperidine rings is 1. The minimum absolute atomic E-state index is 0.0309. The Morgan fingerprint density at radius 3 is 2.33 bits per heavy atom. The molecule has 3 heterocycles. The Labute approximate surface area is 232 Å². The van der Waals surface area contributed by atoms with Crippen LogP contribution in [0.1, 0.15) is 42.5 Å². The molecular weight excluding hydrogens is 510 g/mol. The van der Waals surface area contributed by atoms with Gasteiger partial charge in [-0.15, -0.1) is 11.8 Å². The number of imidazole rings is 1. The zero-order valence-electron chi connectivity index (χ0n) is 22.0. The predicted molar refractivity (Wildman–Crippen MR) is 154 cm³/mol. The summed E-state index contributed by atoms with van der Waals surface area (Å²) in [6.45, 7) is 2.54. The van der Waals surface area contributed by atoms with Crippen LogP contribution < -0.4 is 11.0 Å². The first-order valence-corrected chi connectivity index (χ1v) is 15.0. The number of benzene rings is 2. The van der Waals surface area contributed by atoms with Crippen LogP contribution in [0.3, 0.4) is 0 Å². The second-order valence-corrected chi connectivity index (χ2v) is 12.1. The van der Waals surface area contributed by atoms with Crippen LogP contribution in [0, 0.1) is 5.92 Å². The molecule has 1 aromatic heterocycles. The highest BCUT2D eigenvalue weighted by atomic mass is 32.2. The summed E-state index contributed by atoms with van der Waals surface area (Å²) in [6.07, 6.45) is 5.62. The number of amides is 3. The average Bonchev–Trinajstić information content (AvgIpc) is 3.74. The van der Waals surface area contributed by atoms with E-state index < -0.39 is 6.04 Å². The van der Waals surface area contributed by atoms with Gasteiger partial charge in [-0.1, -0.05) is 60.7 Å². The van der Waals surface area contributed by atoms with Crippen LogP contribution in [0.2, 0.25) is 0 Å². The number of H-pyrrole nitrogens is 1. The van der Waals surface area contributed by atoms with Gasteiger partial charge in [-0.2, -0.15) is 0 Å². The van der Waals surface area contributed by atoms with Crippen LogP contribution in [0.4, 0.5) is 4.79 Å². The van der Waals surface area contributed by atoms with E-state index in [1.807, 2.05) is 59.6 Å². The molecule has 0 spiro atoms. The fraction of sp³-hybridized carbons (Fsp3) is 0.433. The van der Waals surface area contributed by atoms with Crippen LogP contribution in [0.25, 0.3) is 11.3 Å². The molecule has 3 amide bonds. The summed E-state index contributed by atoms with van der Waals surface area (Å²) in [5.41, 5.74) is 2.87. The predicted octanol–water partition coefficient (Wildman–Crippen LogP) is 4.29. The number of carbonyl (C=O) groups is 2. The minimum atomic E-state index is -0.534. The number of hydrogen-bond donors (Lipinski definition) is 2. The number of carbonyl (C=O) groups excluding carboxylic acids is 2. The number of nitrogens with zero attached hydrogens (tertiary/aromatic N) is 3. The Bertz CT molecular complexity index is 1350. The quantitative estimate of drug-likeness (QED) is 0.484. The molecule has 8 nitrogen and oxygen atoms in total. The third-order valence-corrected chi connectivity index (χ3v) is 9.43. The number of aromatic amines is 1. The van der Waals surface area contributed by atoms with E-state index in [0.29, 0.717) is 44.1 Å². The van der Waals surface area contributed by atoms with E-state index in [1.165, 1.54) is 18.4 Å². The lowest BCUT2D eigenvalue weighted by Crippen LogP contribution is -2.54. The van der Waals surface area contributed by atoms with E-state index in [-0.39, 0.29) is 28.9 Å². The van der Waals surface area contributed by atoms with Crippen molar-refractivity contribution in [1.82, 2.24) is 24.7 Å². The number of likely N-dealkylation sites (tertiary alicyclic amines) is 1. The van der Waals surface area contributed by atoms with E-state index in [0.717, 1.165) is 17.8 Å². The van der Waals surface area contributed by atoms with Gasteiger partial charge in [0, 0.05) is 49.4 Å². The summed E-state index contributed by atoms with van der Waals surface area (Å²) < 4.78 is 1.77. The number of urea groups is 1. The first-order chi connectivity index (χ1) is 19.0. The summed E-state index contributed by atoms with van der Waals surface area (Å²) in [7, 11) is 0. The van der Waals surface area contributed by atoms with Crippen LogP contribution in [0.15, 0.2) is 71.7 Å². The Kier molecular flexibility index (Phi) is 7.50. The van der Waals surface area contributed by atoms with Crippen LogP contribution in [-0.4, -0.2) is 69.3 Å². The molecule has 2 N–H and O–H groups in total. The van der Waals surface area contributed by atoms with Crippen molar-refractivity contribution in [2.75, 3.05) is 31.9 Å². The zero-order chi connectivity index (χ0) is 26.8. The highest BCUT2D eigenvalue weighted by Crippen LogP contribution is 2.36. The maximum Gasteiger partial charge on any atom is 0.326 e. The van der Waals surface area contributed by atoms with E-state index >= 15 is 0 Å². The molecular formula is C30H35N5O3S. The summed E-state index contributed by atoms with van der Waals surface area (Å²) in [6, 6.07) is 19.5. The summed E-state index contributed by atoms with van der Waals surface area (Å²) in [5.74, 6) is 1.18. The third-order valence-electron chi connectivity index (χ3n) is 8.08. The second-order valence-electron chi connectivity index (χ2n) is 10.9. The van der Waals surface area contributed by atoms with Gasteiger partial charge in [0.05, 0.1) is 5.69 Å². The van der Waals surface area contributed by atoms with Crippen molar-refractivity contribution in [2.24, 2.45) is 5.92 Å². The first kappa shape index (κ1) is 25.8. The first-order valence-electron chi connectivity index (χ1n) is 13.9. The van der Waals surface area contributed by atoms with Gasteiger partial charge >= 0.3 is 11.7 Å². The smallest absolute Gasteiger partial charge is 0.326 e. The Morgan fingerprint density at radius 2 is 1.64 bits per heavy atom. The van der Waals surface area contributed by atoms with Crippen molar-refractivity contribution in [1.29, 1.82) is 0 Å². The van der Waals surface area contributed by atoms with Gasteiger partial charge in [0.15, 0.2) is 0 Å². The van der Waals surface area contributed by atoms with E-state index in [1.54, 1.807) is 21.2 Å². The molecule has 2 atom stereocenters. The summed E-state index contributed by atoms with van der Waals surface area (Å²) in [5, 5.41) is 3.27. The van der Waals surface area contributed by atoms with Crippen molar-refractivity contribution in [2.45, 2.75) is 43.0 Å². The molecule has 0 unspecified atom stereocenters. The molecule has 9 heteroatoms. The number of nitrogens with one attached hydrogen (secondary N) is 2. The Hall–Kier alpha value is -3.46. The molecule has 2 saturated heterocycles. The van der Waals surface area contributed by atoms with Crippen molar-refractivity contribution in [3.63, 3.8) is 0 Å². The maximum atomic E-state index is 13.5. The minimum Gasteiger partial charge on any atom is -0.339 e. The second kappa shape index (κ2) is 11.3. The SMILES string of the molecule is O=C(N[C@@H]1CS[C@@H](c2ccccc2)CN(CC2CC2)C1=O)N1CCC(n2cc(-c3ccccc3)[nH]c2=O)CC1. The maximum absolute atomic E-state index is 13.5. The van der Waals surface area contributed by atoms with Crippen molar-refractivity contribution in [3.05, 3.63) is 82.9 Å². The monoisotopic (exact) mass is 545 g/mol. The molecule has 204 valence electrons. The highest BCUT2D eigenvalue weighted by molar-refractivity contribution is 7.99. The molecule has 3 aromatic rings. The number of thioether (sulfide) groups is 1. The van der Waals surface area contributed by atoms with Gasteiger partial charge in [-0.25, -0.2) is 9.59 Å². The summed E-state index contributed by atoms with van der Waals surface area (Å²) >= 11 is 1.75. The van der Waals surface area contributed by atoms with Crippen molar-refractivity contribution >= 4 is 23.7 Å². The van der Waals surface area contributed by atoms with E-state index in [2.05, 4.69) is 22.4 Å². The van der Waals surface area contributed by atoms with Crippen LogP contribution in [0.5, 0.6) is 0 Å². The molecule has 2 aliphatic heterocycles. The van der Waals surface area contributed by atoms with Crippen molar-refractivity contribution in [3.8, 4) is 11.3 Å². The number of hydrogen-bond acceptors (Lipinski definition) is 4. The summed E-state index contributed by atoms with van der Waals surface area (Å²) in [4.78, 5) is 46.2. The normalized spacial score (nSPS) is 22.5. The molecule has 3 aliphatic rings. The lowest BCUT2D eigenvalue weighted by Gasteiger charge is -2.33. The Balaban J connectivity index is 1.08. The lowest BCUT2D eigenvalue weighted by molar-refractivity contribution is -0.132. The van der Waals surface area contributed by atoms with E-state index in [9.17, 15) is 14.4 Å². The van der Waals surface area contributed by atoms with Crippen LogP contribution >= 0.6 is 11.8 Å². The van der Waals surface area contributed by atoms with Gasteiger partial charge in [-0.05, 0) is 42.7 Å². The molecule has 6 rings (SSSR count). The topological polar surface area (TPSA) is 90.4 Å². The van der Waals surface area contributed by atoms with Gasteiger partial charge in [-0.3, -0.25) is 9.36 Å². The molecule has 3 fully saturated rings. The largest absolute Gasteiger partial charge is 0.339 e. The molecule has 1 aliphatic carbocycles. The van der Waals surface area contributed by atoms with E-state index in [4.69, 9.17) is 0 Å². The van der Waals surface area contributed by atoms with Gasteiger partial charge < -0.3 is 20.1 Å². The highest BCUT2D eigenvalue weighted by Gasteiger charge is 2.37. The molecule has 0 radical (unpaired) electrons. The average molecular weight is 546 g/mol. The number of rotatable bonds is 6. The fourth-order valence-electron chi connectivity index (χ4n) is 5.63.